The summed E-state index contributed by atoms with van der Waals surface area (Å²) >= 11 is 0. The van der Waals surface area contributed by atoms with Gasteiger partial charge in [-0.25, -0.2) is 4.79 Å². The van der Waals surface area contributed by atoms with Crippen molar-refractivity contribution in [3.63, 3.8) is 0 Å². The summed E-state index contributed by atoms with van der Waals surface area (Å²) in [5, 5.41) is 3.08. The van der Waals surface area contributed by atoms with Crippen molar-refractivity contribution in [2.45, 2.75) is 219 Å². The van der Waals surface area contributed by atoms with Crippen molar-refractivity contribution in [2.75, 3.05) is 32.9 Å². The Morgan fingerprint density at radius 1 is 0.667 bits per heavy atom. The molecule has 0 aromatic rings. The number of ether oxygens (including phenoxy) is 3. The first-order valence-electron chi connectivity index (χ1n) is 20.7. The van der Waals surface area contributed by atoms with E-state index in [0.29, 0.717) is 32.7 Å². The lowest BCUT2D eigenvalue weighted by atomic mass is 10.1. The van der Waals surface area contributed by atoms with E-state index in [-0.39, 0.29) is 12.0 Å². The van der Waals surface area contributed by atoms with E-state index in [2.05, 4.69) is 19.2 Å². The molecule has 7 heteroatoms. The zero-order valence-corrected chi connectivity index (χ0v) is 32.6. The van der Waals surface area contributed by atoms with Gasteiger partial charge >= 0.3 is 6.09 Å². The van der Waals surface area contributed by atoms with Crippen LogP contribution in [0.2, 0.25) is 0 Å². The maximum atomic E-state index is 13.2. The first kappa shape index (κ1) is 44.7. The van der Waals surface area contributed by atoms with E-state index < -0.39 is 17.7 Å². The molecule has 1 saturated heterocycles. The van der Waals surface area contributed by atoms with Gasteiger partial charge in [-0.05, 0) is 46.5 Å². The van der Waals surface area contributed by atoms with Crippen LogP contribution in [0.25, 0.3) is 0 Å². The molecule has 1 unspecified atom stereocenters. The number of rotatable bonds is 32. The van der Waals surface area contributed by atoms with Gasteiger partial charge in [0.2, 0.25) is 5.91 Å². The number of nitrogens with one attached hydrogen (secondary N) is 1. The summed E-state index contributed by atoms with van der Waals surface area (Å²) in [5.41, 5.74) is -0.585. The van der Waals surface area contributed by atoms with E-state index in [4.69, 9.17) is 14.2 Å². The molecule has 7 nitrogen and oxygen atoms in total. The van der Waals surface area contributed by atoms with Gasteiger partial charge < -0.3 is 19.5 Å². The third-order valence-electron chi connectivity index (χ3n) is 9.48. The number of likely N-dealkylation sites (tertiary alicyclic amines) is 1. The monoisotopic (exact) mass is 681 g/mol. The third kappa shape index (κ3) is 25.6. The Balaban J connectivity index is 2.33. The van der Waals surface area contributed by atoms with Crippen LogP contribution in [0.4, 0.5) is 4.79 Å². The summed E-state index contributed by atoms with van der Waals surface area (Å²) in [7, 11) is 0. The van der Waals surface area contributed by atoms with Crippen LogP contribution in [0.3, 0.4) is 0 Å². The highest BCUT2D eigenvalue weighted by atomic mass is 16.6. The van der Waals surface area contributed by atoms with Gasteiger partial charge in [0.1, 0.15) is 11.6 Å². The minimum absolute atomic E-state index is 0.127. The standard InChI is InChI=1S/C41H80N2O5/c1-6-8-10-12-14-16-18-20-22-24-26-28-33-46-36-37(47-34-29-27-25-23-21-19-17-15-13-11-9-7-2)35-42-39(44)38-31-30-32-43(38)40(45)48-41(3,4)5/h37-38H,6-36H2,1-5H3,(H,42,44)/t37?,38-/m1/s1. The number of hydrogen-bond acceptors (Lipinski definition) is 5. The third-order valence-corrected chi connectivity index (χ3v) is 9.48. The molecule has 2 atom stereocenters. The van der Waals surface area contributed by atoms with E-state index in [0.717, 1.165) is 25.9 Å². The molecule has 0 saturated carbocycles. The highest BCUT2D eigenvalue weighted by Crippen LogP contribution is 2.21. The molecular formula is C41H80N2O5. The van der Waals surface area contributed by atoms with Gasteiger partial charge in [0, 0.05) is 26.3 Å². The Morgan fingerprint density at radius 2 is 1.10 bits per heavy atom. The second-order valence-electron chi connectivity index (χ2n) is 15.4. The van der Waals surface area contributed by atoms with Crippen molar-refractivity contribution in [1.29, 1.82) is 0 Å². The first-order chi connectivity index (χ1) is 23.3. The maximum Gasteiger partial charge on any atom is 0.410 e. The molecule has 0 aromatic carbocycles. The van der Waals surface area contributed by atoms with Gasteiger partial charge in [0.25, 0.3) is 0 Å². The molecule has 2 amide bonds. The lowest BCUT2D eigenvalue weighted by Gasteiger charge is -2.28. The van der Waals surface area contributed by atoms with Crippen LogP contribution in [-0.2, 0) is 19.0 Å². The topological polar surface area (TPSA) is 77.1 Å². The molecule has 0 bridgehead atoms. The smallest absolute Gasteiger partial charge is 0.410 e. The number of unbranched alkanes of at least 4 members (excludes halogenated alkanes) is 22. The average molecular weight is 681 g/mol. The van der Waals surface area contributed by atoms with Gasteiger partial charge in [0.15, 0.2) is 0 Å². The fraction of sp³-hybridized carbons (Fsp3) is 0.951. The van der Waals surface area contributed by atoms with Crippen LogP contribution in [-0.4, -0.2) is 67.6 Å². The normalized spacial score (nSPS) is 15.6. The second-order valence-corrected chi connectivity index (χ2v) is 15.4. The minimum Gasteiger partial charge on any atom is -0.444 e. The van der Waals surface area contributed by atoms with Gasteiger partial charge in [-0.15, -0.1) is 0 Å². The van der Waals surface area contributed by atoms with Crippen LogP contribution < -0.4 is 5.32 Å². The van der Waals surface area contributed by atoms with Crippen LogP contribution in [0.5, 0.6) is 0 Å². The van der Waals surface area contributed by atoms with Crippen molar-refractivity contribution in [1.82, 2.24) is 10.2 Å². The quantitative estimate of drug-likeness (QED) is 0.0716. The number of carbonyl (C=O) groups excluding carboxylic acids is 2. The maximum absolute atomic E-state index is 13.2. The Kier molecular flexibility index (Phi) is 28.4. The van der Waals surface area contributed by atoms with Crippen LogP contribution in [0.1, 0.15) is 202 Å². The molecule has 0 aliphatic carbocycles. The van der Waals surface area contributed by atoms with Crippen molar-refractivity contribution in [3.05, 3.63) is 0 Å². The number of nitrogens with zero attached hydrogens (tertiary/aromatic N) is 1. The summed E-state index contributed by atoms with van der Waals surface area (Å²) in [6.07, 6.45) is 32.6. The van der Waals surface area contributed by atoms with E-state index in [9.17, 15) is 9.59 Å². The largest absolute Gasteiger partial charge is 0.444 e. The van der Waals surface area contributed by atoms with Gasteiger partial charge in [-0.3, -0.25) is 9.69 Å². The molecule has 48 heavy (non-hydrogen) atoms. The minimum atomic E-state index is -0.585. The molecule has 1 rings (SSSR count). The number of hydrogen-bond donors (Lipinski definition) is 1. The van der Waals surface area contributed by atoms with Gasteiger partial charge in [-0.1, -0.05) is 155 Å². The van der Waals surface area contributed by atoms with Crippen molar-refractivity contribution >= 4 is 12.0 Å². The van der Waals surface area contributed by atoms with E-state index in [1.54, 1.807) is 4.90 Å². The summed E-state index contributed by atoms with van der Waals surface area (Å²) in [6, 6.07) is -0.487. The lowest BCUT2D eigenvalue weighted by molar-refractivity contribution is -0.126. The highest BCUT2D eigenvalue weighted by molar-refractivity contribution is 5.86. The fourth-order valence-corrected chi connectivity index (χ4v) is 6.53. The van der Waals surface area contributed by atoms with E-state index >= 15 is 0 Å². The Hall–Kier alpha value is -1.34. The molecule has 1 heterocycles. The molecule has 1 fully saturated rings. The van der Waals surface area contributed by atoms with Crippen molar-refractivity contribution in [2.24, 2.45) is 0 Å². The zero-order chi connectivity index (χ0) is 35.1. The molecule has 0 spiro atoms. The van der Waals surface area contributed by atoms with Gasteiger partial charge in [0.05, 0.1) is 12.7 Å². The summed E-state index contributed by atoms with van der Waals surface area (Å²) in [5.74, 6) is -0.127. The molecule has 0 aromatic heterocycles. The predicted octanol–water partition coefficient (Wildman–Crippen LogP) is 11.3. The van der Waals surface area contributed by atoms with E-state index in [1.165, 1.54) is 141 Å². The summed E-state index contributed by atoms with van der Waals surface area (Å²) in [6.45, 7) is 13.0. The molecular weight excluding hydrogens is 600 g/mol. The average Bonchev–Trinajstić information content (AvgIpc) is 3.55. The van der Waals surface area contributed by atoms with Crippen LogP contribution >= 0.6 is 0 Å². The number of amides is 2. The second kappa shape index (κ2) is 30.5. The lowest BCUT2D eigenvalue weighted by Crippen LogP contribution is -2.49. The molecule has 1 aliphatic rings. The van der Waals surface area contributed by atoms with Crippen molar-refractivity contribution in [3.8, 4) is 0 Å². The predicted molar refractivity (Wildman–Crippen MR) is 202 cm³/mol. The molecule has 0 radical (unpaired) electrons. The van der Waals surface area contributed by atoms with E-state index in [1.807, 2.05) is 20.8 Å². The highest BCUT2D eigenvalue weighted by Gasteiger charge is 2.36. The van der Waals surface area contributed by atoms with Gasteiger partial charge in [-0.2, -0.15) is 0 Å². The fourth-order valence-electron chi connectivity index (χ4n) is 6.53. The Bertz CT molecular complexity index is 756. The molecule has 284 valence electrons. The molecule has 1 aliphatic heterocycles. The first-order valence-corrected chi connectivity index (χ1v) is 20.7. The SMILES string of the molecule is CCCCCCCCCCCCCCOCC(CNC(=O)[C@H]1CCCN1C(=O)OC(C)(C)C)OCCCCCCCCCCCCCC. The van der Waals surface area contributed by atoms with Crippen LogP contribution in [0.15, 0.2) is 0 Å². The van der Waals surface area contributed by atoms with Crippen molar-refractivity contribution < 1.29 is 23.8 Å². The zero-order valence-electron chi connectivity index (χ0n) is 32.6. The number of carbonyl (C=O) groups is 2. The Morgan fingerprint density at radius 3 is 1.56 bits per heavy atom. The molecule has 1 N–H and O–H groups in total. The van der Waals surface area contributed by atoms with Crippen LogP contribution in [0, 0.1) is 0 Å². The Labute approximate surface area is 297 Å². The summed E-state index contributed by atoms with van der Waals surface area (Å²) < 4.78 is 17.9. The summed E-state index contributed by atoms with van der Waals surface area (Å²) in [4.78, 5) is 27.4.